The number of amides is 1. The normalized spacial score (nSPS) is 11.2. The standard InChI is InChI=1S/C18H23FN4O2/c1-3-20-18(22-10-14-7-6-13(2)16(19)9-14)23-12-17(24)21-11-15-5-4-8-25-15/h4-9H,3,10-12H2,1-2H3,(H,21,24)(H2,20,22,23). The minimum Gasteiger partial charge on any atom is -0.467 e. The van der Waals surface area contributed by atoms with E-state index in [9.17, 15) is 9.18 Å². The second kappa shape index (κ2) is 9.46. The maximum absolute atomic E-state index is 13.6. The Hall–Kier alpha value is -2.83. The van der Waals surface area contributed by atoms with Crippen molar-refractivity contribution < 1.29 is 13.6 Å². The number of hydrogen-bond donors (Lipinski definition) is 3. The van der Waals surface area contributed by atoms with Gasteiger partial charge in [0.25, 0.3) is 0 Å². The van der Waals surface area contributed by atoms with Crippen molar-refractivity contribution in [3.8, 4) is 0 Å². The lowest BCUT2D eigenvalue weighted by Gasteiger charge is -2.11. The van der Waals surface area contributed by atoms with E-state index in [-0.39, 0.29) is 18.3 Å². The van der Waals surface area contributed by atoms with Gasteiger partial charge in [-0.05, 0) is 43.2 Å². The Morgan fingerprint density at radius 1 is 1.24 bits per heavy atom. The zero-order valence-corrected chi connectivity index (χ0v) is 14.4. The van der Waals surface area contributed by atoms with Crippen molar-refractivity contribution in [2.24, 2.45) is 4.99 Å². The first-order valence-electron chi connectivity index (χ1n) is 8.14. The smallest absolute Gasteiger partial charge is 0.239 e. The second-order valence-corrected chi connectivity index (χ2v) is 5.49. The molecule has 134 valence electrons. The van der Waals surface area contributed by atoms with Gasteiger partial charge in [-0.3, -0.25) is 4.79 Å². The predicted octanol–water partition coefficient (Wildman–Crippen LogP) is 2.10. The fraction of sp³-hybridized carbons (Fsp3) is 0.333. The highest BCUT2D eigenvalue weighted by atomic mass is 19.1. The number of carbonyl (C=O) groups is 1. The van der Waals surface area contributed by atoms with Crippen LogP contribution in [0.1, 0.15) is 23.8 Å². The van der Waals surface area contributed by atoms with Crippen LogP contribution in [0.5, 0.6) is 0 Å². The molecule has 1 amide bonds. The van der Waals surface area contributed by atoms with E-state index in [1.54, 1.807) is 31.4 Å². The Bertz CT molecular complexity index is 714. The lowest BCUT2D eigenvalue weighted by atomic mass is 10.1. The van der Waals surface area contributed by atoms with Gasteiger partial charge >= 0.3 is 0 Å². The third kappa shape index (κ3) is 6.29. The van der Waals surface area contributed by atoms with Crippen molar-refractivity contribution in [2.45, 2.75) is 26.9 Å². The predicted molar refractivity (Wildman–Crippen MR) is 94.5 cm³/mol. The summed E-state index contributed by atoms with van der Waals surface area (Å²) < 4.78 is 18.7. The first-order chi connectivity index (χ1) is 12.1. The molecular weight excluding hydrogens is 323 g/mol. The number of furan rings is 1. The van der Waals surface area contributed by atoms with Gasteiger partial charge in [-0.15, -0.1) is 0 Å². The summed E-state index contributed by atoms with van der Waals surface area (Å²) in [6.07, 6.45) is 1.56. The van der Waals surface area contributed by atoms with Crippen LogP contribution in [-0.4, -0.2) is 25.0 Å². The lowest BCUT2D eigenvalue weighted by Crippen LogP contribution is -2.43. The molecule has 0 saturated heterocycles. The minimum atomic E-state index is -0.247. The van der Waals surface area contributed by atoms with Crippen LogP contribution < -0.4 is 16.0 Å². The zero-order valence-electron chi connectivity index (χ0n) is 14.4. The van der Waals surface area contributed by atoms with Gasteiger partial charge in [0.05, 0.1) is 25.9 Å². The SMILES string of the molecule is CCNC(=NCc1ccc(C)c(F)c1)NCC(=O)NCc1ccco1. The average molecular weight is 346 g/mol. The molecule has 1 heterocycles. The second-order valence-electron chi connectivity index (χ2n) is 5.49. The summed E-state index contributed by atoms with van der Waals surface area (Å²) >= 11 is 0. The van der Waals surface area contributed by atoms with Gasteiger partial charge in [0, 0.05) is 6.54 Å². The van der Waals surface area contributed by atoms with Crippen LogP contribution in [0.4, 0.5) is 4.39 Å². The molecule has 2 aromatic rings. The molecule has 6 nitrogen and oxygen atoms in total. The summed E-state index contributed by atoms with van der Waals surface area (Å²) in [6, 6.07) is 8.59. The summed E-state index contributed by atoms with van der Waals surface area (Å²) in [6.45, 7) is 5.04. The van der Waals surface area contributed by atoms with Gasteiger partial charge in [-0.25, -0.2) is 9.38 Å². The molecule has 25 heavy (non-hydrogen) atoms. The van der Waals surface area contributed by atoms with Crippen molar-refractivity contribution in [2.75, 3.05) is 13.1 Å². The summed E-state index contributed by atoms with van der Waals surface area (Å²) in [5.41, 5.74) is 1.37. The first kappa shape index (κ1) is 18.5. The molecule has 1 aromatic carbocycles. The fourth-order valence-corrected chi connectivity index (χ4v) is 2.07. The Kier molecular flexibility index (Phi) is 7.00. The van der Waals surface area contributed by atoms with Crippen LogP contribution in [0.25, 0.3) is 0 Å². The van der Waals surface area contributed by atoms with E-state index in [2.05, 4.69) is 20.9 Å². The fourth-order valence-electron chi connectivity index (χ4n) is 2.07. The molecule has 0 unspecified atom stereocenters. The molecule has 0 aliphatic heterocycles. The quantitative estimate of drug-likeness (QED) is 0.530. The van der Waals surface area contributed by atoms with Crippen LogP contribution in [0.15, 0.2) is 46.0 Å². The van der Waals surface area contributed by atoms with Crippen molar-refractivity contribution in [3.63, 3.8) is 0 Å². The number of benzene rings is 1. The van der Waals surface area contributed by atoms with E-state index in [1.165, 1.54) is 6.07 Å². The van der Waals surface area contributed by atoms with E-state index in [4.69, 9.17) is 4.42 Å². The summed E-state index contributed by atoms with van der Waals surface area (Å²) in [5, 5.41) is 8.74. The highest BCUT2D eigenvalue weighted by Gasteiger charge is 2.05. The summed E-state index contributed by atoms with van der Waals surface area (Å²) in [5.74, 6) is 0.762. The zero-order chi connectivity index (χ0) is 18.1. The third-order valence-corrected chi connectivity index (χ3v) is 3.46. The highest BCUT2D eigenvalue weighted by Crippen LogP contribution is 2.09. The summed E-state index contributed by atoms with van der Waals surface area (Å²) in [7, 11) is 0. The number of aliphatic imine (C=N–C) groups is 1. The number of nitrogens with one attached hydrogen (secondary N) is 3. The van der Waals surface area contributed by atoms with Gasteiger partial charge in [0.15, 0.2) is 5.96 Å². The summed E-state index contributed by atoms with van der Waals surface area (Å²) in [4.78, 5) is 16.2. The van der Waals surface area contributed by atoms with Gasteiger partial charge < -0.3 is 20.4 Å². The van der Waals surface area contributed by atoms with Crippen molar-refractivity contribution >= 4 is 11.9 Å². The molecule has 0 saturated carbocycles. The molecule has 0 aliphatic rings. The number of carbonyl (C=O) groups excluding carboxylic acids is 1. The maximum Gasteiger partial charge on any atom is 0.239 e. The Morgan fingerprint density at radius 2 is 2.08 bits per heavy atom. The van der Waals surface area contributed by atoms with E-state index >= 15 is 0 Å². The molecule has 3 N–H and O–H groups in total. The number of nitrogens with zero attached hydrogens (tertiary/aromatic N) is 1. The molecule has 1 aromatic heterocycles. The van der Waals surface area contributed by atoms with Gasteiger partial charge in [-0.1, -0.05) is 12.1 Å². The Morgan fingerprint density at radius 3 is 2.76 bits per heavy atom. The number of halogens is 1. The molecule has 0 bridgehead atoms. The van der Waals surface area contributed by atoms with Crippen molar-refractivity contribution in [1.29, 1.82) is 0 Å². The molecule has 0 atom stereocenters. The van der Waals surface area contributed by atoms with E-state index < -0.39 is 0 Å². The average Bonchev–Trinajstić information content (AvgIpc) is 3.12. The lowest BCUT2D eigenvalue weighted by molar-refractivity contribution is -0.120. The molecule has 0 spiro atoms. The number of guanidine groups is 1. The molecule has 2 rings (SSSR count). The topological polar surface area (TPSA) is 78.7 Å². The number of aryl methyl sites for hydroxylation is 1. The Labute approximate surface area is 146 Å². The monoisotopic (exact) mass is 346 g/mol. The van der Waals surface area contributed by atoms with E-state index in [0.29, 0.717) is 36.9 Å². The molecule has 7 heteroatoms. The van der Waals surface area contributed by atoms with Crippen LogP contribution in [0, 0.1) is 12.7 Å². The van der Waals surface area contributed by atoms with E-state index in [1.807, 2.05) is 13.0 Å². The molecule has 0 fully saturated rings. The first-order valence-corrected chi connectivity index (χ1v) is 8.14. The highest BCUT2D eigenvalue weighted by molar-refractivity contribution is 5.86. The molecular formula is C18H23FN4O2. The van der Waals surface area contributed by atoms with Gasteiger partial charge in [-0.2, -0.15) is 0 Å². The molecule has 0 aliphatic carbocycles. The molecule has 0 radical (unpaired) electrons. The van der Waals surface area contributed by atoms with Crippen molar-refractivity contribution in [1.82, 2.24) is 16.0 Å². The Balaban J connectivity index is 1.84. The maximum atomic E-state index is 13.6. The number of hydrogen-bond acceptors (Lipinski definition) is 3. The van der Waals surface area contributed by atoms with Crippen LogP contribution in [0.2, 0.25) is 0 Å². The van der Waals surface area contributed by atoms with E-state index in [0.717, 1.165) is 5.56 Å². The third-order valence-electron chi connectivity index (χ3n) is 3.46. The van der Waals surface area contributed by atoms with Crippen LogP contribution in [-0.2, 0) is 17.9 Å². The minimum absolute atomic E-state index is 0.0782. The largest absolute Gasteiger partial charge is 0.467 e. The van der Waals surface area contributed by atoms with Crippen LogP contribution in [0.3, 0.4) is 0 Å². The van der Waals surface area contributed by atoms with Crippen molar-refractivity contribution in [3.05, 3.63) is 59.3 Å². The van der Waals surface area contributed by atoms with Gasteiger partial charge in [0.2, 0.25) is 5.91 Å². The van der Waals surface area contributed by atoms with Gasteiger partial charge in [0.1, 0.15) is 11.6 Å². The van der Waals surface area contributed by atoms with Crippen LogP contribution >= 0.6 is 0 Å². The number of rotatable bonds is 7.